The van der Waals surface area contributed by atoms with Gasteiger partial charge in [-0.1, -0.05) is 29.5 Å². The van der Waals surface area contributed by atoms with Crippen molar-refractivity contribution in [1.29, 1.82) is 0 Å². The van der Waals surface area contributed by atoms with Gasteiger partial charge in [0, 0.05) is 18.3 Å². The molecule has 0 aliphatic carbocycles. The van der Waals surface area contributed by atoms with E-state index in [-0.39, 0.29) is 17.4 Å². The number of carbonyl (C=O) groups excluding carboxylic acids is 1. The van der Waals surface area contributed by atoms with Crippen molar-refractivity contribution in [2.24, 2.45) is 0 Å². The quantitative estimate of drug-likeness (QED) is 0.510. The number of para-hydroxylation sites is 2. The van der Waals surface area contributed by atoms with E-state index in [0.717, 1.165) is 16.8 Å². The second kappa shape index (κ2) is 8.56. The predicted molar refractivity (Wildman–Crippen MR) is 107 cm³/mol. The molecule has 2 aromatic carbocycles. The number of rotatable bonds is 7. The van der Waals surface area contributed by atoms with Crippen LogP contribution in [0.2, 0.25) is 0 Å². The molecule has 0 aliphatic heterocycles. The number of benzene rings is 2. The Kier molecular flexibility index (Phi) is 5.51. The van der Waals surface area contributed by atoms with Crippen molar-refractivity contribution in [3.8, 4) is 11.4 Å². The van der Waals surface area contributed by atoms with Crippen molar-refractivity contribution in [2.45, 2.75) is 13.1 Å². The minimum atomic E-state index is -0.342. The Morgan fingerprint density at radius 1 is 1.10 bits per heavy atom. The van der Waals surface area contributed by atoms with Crippen LogP contribution in [0, 0.1) is 5.82 Å². The summed E-state index contributed by atoms with van der Waals surface area (Å²) in [7, 11) is 1.60. The molecule has 0 bridgehead atoms. The lowest BCUT2D eigenvalue weighted by molar-refractivity contribution is 0.0946. The fourth-order valence-electron chi connectivity index (χ4n) is 2.93. The Balaban J connectivity index is 1.37. The van der Waals surface area contributed by atoms with E-state index >= 15 is 0 Å². The average molecular weight is 406 g/mol. The highest BCUT2D eigenvalue weighted by molar-refractivity contribution is 5.91. The van der Waals surface area contributed by atoms with E-state index in [9.17, 15) is 9.18 Å². The zero-order valence-corrected chi connectivity index (χ0v) is 16.2. The van der Waals surface area contributed by atoms with Gasteiger partial charge in [-0.2, -0.15) is 5.10 Å². The molecule has 0 unspecified atom stereocenters. The highest BCUT2D eigenvalue weighted by Gasteiger charge is 2.12. The van der Waals surface area contributed by atoms with Gasteiger partial charge in [0.2, 0.25) is 0 Å². The maximum absolute atomic E-state index is 13.0. The number of nitrogens with one attached hydrogen (secondary N) is 1. The number of hydrogen-bond acceptors (Lipinski definition) is 5. The number of hydrogen-bond donors (Lipinski definition) is 1. The van der Waals surface area contributed by atoms with Crippen molar-refractivity contribution in [1.82, 2.24) is 30.1 Å². The minimum absolute atomic E-state index is 0.203. The summed E-state index contributed by atoms with van der Waals surface area (Å²) < 4.78 is 21.6. The molecule has 0 saturated carbocycles. The van der Waals surface area contributed by atoms with E-state index in [1.165, 1.54) is 16.8 Å². The first-order valence-corrected chi connectivity index (χ1v) is 9.22. The molecule has 1 amide bonds. The van der Waals surface area contributed by atoms with Crippen molar-refractivity contribution in [3.05, 3.63) is 89.8 Å². The van der Waals surface area contributed by atoms with Gasteiger partial charge in [-0.3, -0.25) is 4.79 Å². The Morgan fingerprint density at radius 3 is 2.70 bits per heavy atom. The fourth-order valence-corrected chi connectivity index (χ4v) is 2.93. The van der Waals surface area contributed by atoms with Crippen molar-refractivity contribution >= 4 is 5.91 Å². The number of amides is 1. The number of aromatic nitrogens is 5. The van der Waals surface area contributed by atoms with Gasteiger partial charge in [0.25, 0.3) is 5.91 Å². The Bertz CT molecular complexity index is 1150. The summed E-state index contributed by atoms with van der Waals surface area (Å²) in [6, 6.07) is 13.6. The van der Waals surface area contributed by atoms with Crippen LogP contribution in [0.4, 0.5) is 4.39 Å². The summed E-state index contributed by atoms with van der Waals surface area (Å²) in [5.41, 5.74) is 2.69. The van der Waals surface area contributed by atoms with Gasteiger partial charge in [-0.15, -0.1) is 5.10 Å². The SMILES string of the molecule is COc1ccccc1-n1cc(CNC(=O)c2cn(Cc3ccc(F)cc3)nn2)cn1. The molecule has 4 aromatic rings. The molecule has 2 aromatic heterocycles. The number of halogens is 1. The molecule has 1 N–H and O–H groups in total. The van der Waals surface area contributed by atoms with Crippen LogP contribution in [0.1, 0.15) is 21.6 Å². The largest absolute Gasteiger partial charge is 0.494 e. The predicted octanol–water partition coefficient (Wildman–Crippen LogP) is 2.59. The van der Waals surface area contributed by atoms with Gasteiger partial charge in [0.05, 0.1) is 26.0 Å². The second-order valence-corrected chi connectivity index (χ2v) is 6.58. The summed E-state index contributed by atoms with van der Waals surface area (Å²) in [6.45, 7) is 0.686. The molecule has 9 heteroatoms. The average Bonchev–Trinajstić information content (AvgIpc) is 3.43. The van der Waals surface area contributed by atoms with E-state index in [1.54, 1.807) is 36.3 Å². The zero-order valence-electron chi connectivity index (χ0n) is 16.2. The van der Waals surface area contributed by atoms with Crippen molar-refractivity contribution in [2.75, 3.05) is 7.11 Å². The summed E-state index contributed by atoms with van der Waals surface area (Å²) in [5.74, 6) is 0.0609. The van der Waals surface area contributed by atoms with Crippen LogP contribution in [0.15, 0.2) is 67.1 Å². The normalized spacial score (nSPS) is 10.7. The maximum Gasteiger partial charge on any atom is 0.273 e. The number of methoxy groups -OCH3 is 1. The topological polar surface area (TPSA) is 86.9 Å². The number of carbonyl (C=O) groups is 1. The Labute approximate surface area is 171 Å². The lowest BCUT2D eigenvalue weighted by Crippen LogP contribution is -2.23. The van der Waals surface area contributed by atoms with Crippen LogP contribution in [0.25, 0.3) is 5.69 Å². The molecule has 0 fully saturated rings. The molecule has 0 spiro atoms. The molecular formula is C21H19FN6O2. The number of nitrogens with zero attached hydrogens (tertiary/aromatic N) is 5. The van der Waals surface area contributed by atoms with Gasteiger partial charge in [0.15, 0.2) is 5.69 Å². The third-order valence-corrected chi connectivity index (χ3v) is 4.45. The van der Waals surface area contributed by atoms with E-state index in [1.807, 2.05) is 30.5 Å². The van der Waals surface area contributed by atoms with Gasteiger partial charge < -0.3 is 10.1 Å². The first-order chi connectivity index (χ1) is 14.6. The van der Waals surface area contributed by atoms with Gasteiger partial charge in [-0.05, 0) is 29.8 Å². The first-order valence-electron chi connectivity index (χ1n) is 9.22. The third-order valence-electron chi connectivity index (χ3n) is 4.45. The van der Waals surface area contributed by atoms with Crippen LogP contribution in [-0.4, -0.2) is 37.8 Å². The Hall–Kier alpha value is -4.01. The van der Waals surface area contributed by atoms with Crippen LogP contribution in [0.5, 0.6) is 5.75 Å². The lowest BCUT2D eigenvalue weighted by atomic mass is 10.2. The lowest BCUT2D eigenvalue weighted by Gasteiger charge is -2.07. The zero-order chi connectivity index (χ0) is 20.9. The van der Waals surface area contributed by atoms with E-state index in [4.69, 9.17) is 4.74 Å². The van der Waals surface area contributed by atoms with Gasteiger partial charge in [-0.25, -0.2) is 13.8 Å². The minimum Gasteiger partial charge on any atom is -0.494 e. The molecule has 8 nitrogen and oxygen atoms in total. The molecule has 0 radical (unpaired) electrons. The first kappa shape index (κ1) is 19.3. The van der Waals surface area contributed by atoms with Crippen molar-refractivity contribution in [3.63, 3.8) is 0 Å². The monoisotopic (exact) mass is 406 g/mol. The van der Waals surface area contributed by atoms with Crippen LogP contribution in [-0.2, 0) is 13.1 Å². The summed E-state index contributed by atoms with van der Waals surface area (Å²) in [5, 5.41) is 15.0. The molecular weight excluding hydrogens is 387 g/mol. The van der Waals surface area contributed by atoms with E-state index in [0.29, 0.717) is 18.8 Å². The molecule has 30 heavy (non-hydrogen) atoms. The molecule has 0 saturated heterocycles. The number of ether oxygens (including phenoxy) is 1. The summed E-state index contributed by atoms with van der Waals surface area (Å²) in [4.78, 5) is 12.4. The van der Waals surface area contributed by atoms with Crippen LogP contribution in [0.3, 0.4) is 0 Å². The van der Waals surface area contributed by atoms with Gasteiger partial charge >= 0.3 is 0 Å². The second-order valence-electron chi connectivity index (χ2n) is 6.58. The molecule has 2 heterocycles. The smallest absolute Gasteiger partial charge is 0.273 e. The van der Waals surface area contributed by atoms with Crippen LogP contribution >= 0.6 is 0 Å². The van der Waals surface area contributed by atoms with Gasteiger partial charge in [0.1, 0.15) is 17.3 Å². The van der Waals surface area contributed by atoms with E-state index in [2.05, 4.69) is 20.7 Å². The molecule has 0 atom stereocenters. The van der Waals surface area contributed by atoms with Crippen LogP contribution < -0.4 is 10.1 Å². The summed E-state index contributed by atoms with van der Waals surface area (Å²) in [6.07, 6.45) is 5.05. The molecule has 0 aliphatic rings. The van der Waals surface area contributed by atoms with E-state index < -0.39 is 0 Å². The maximum atomic E-state index is 13.0. The molecule has 152 valence electrons. The Morgan fingerprint density at radius 2 is 1.90 bits per heavy atom. The highest BCUT2D eigenvalue weighted by Crippen LogP contribution is 2.21. The standard InChI is InChI=1S/C21H19FN6O2/c1-30-20-5-3-2-4-19(20)28-13-16(11-24-28)10-23-21(29)18-14-27(26-25-18)12-15-6-8-17(22)9-7-15/h2-9,11,13-14H,10,12H2,1H3,(H,23,29). The third kappa shape index (κ3) is 4.35. The summed E-state index contributed by atoms with van der Waals surface area (Å²) >= 11 is 0. The molecule has 4 rings (SSSR count). The fraction of sp³-hybridized carbons (Fsp3) is 0.143. The van der Waals surface area contributed by atoms with Crippen molar-refractivity contribution < 1.29 is 13.9 Å². The highest BCUT2D eigenvalue weighted by atomic mass is 19.1.